The molecule has 3 aromatic rings. The predicted octanol–water partition coefficient (Wildman–Crippen LogP) is 4.50. The Labute approximate surface area is 183 Å². The van der Waals surface area contributed by atoms with Crippen LogP contribution in [0.5, 0.6) is 11.5 Å². The van der Waals surface area contributed by atoms with Crippen molar-refractivity contribution < 1.29 is 19.1 Å². The molecular weight excluding hydrogens is 414 g/mol. The first-order chi connectivity index (χ1) is 15.2. The van der Waals surface area contributed by atoms with E-state index in [0.717, 1.165) is 5.56 Å². The highest BCUT2D eigenvalue weighted by molar-refractivity contribution is 8.18. The summed E-state index contributed by atoms with van der Waals surface area (Å²) in [5.74, 6) is 1.16. The molecule has 1 N–H and O–H groups in total. The van der Waals surface area contributed by atoms with E-state index in [1.54, 1.807) is 62.1 Å². The number of amidine groups is 1. The molecule has 1 aliphatic rings. The number of phenols is 1. The Bertz CT molecular complexity index is 1170. The van der Waals surface area contributed by atoms with Crippen LogP contribution in [0.1, 0.15) is 16.9 Å². The molecule has 7 nitrogen and oxygen atoms in total. The summed E-state index contributed by atoms with van der Waals surface area (Å²) in [6, 6.07) is 17.8. The molecule has 0 unspecified atom stereocenters. The first-order valence-corrected chi connectivity index (χ1v) is 10.2. The minimum atomic E-state index is -0.240. The summed E-state index contributed by atoms with van der Waals surface area (Å²) >= 11 is 1.19. The topological polar surface area (TPSA) is 87.6 Å². The van der Waals surface area contributed by atoms with Crippen LogP contribution in [0.2, 0.25) is 0 Å². The summed E-state index contributed by atoms with van der Waals surface area (Å²) in [5.41, 5.74) is 1.32. The number of carbonyl (C=O) groups is 1. The molecule has 0 aliphatic carbocycles. The van der Waals surface area contributed by atoms with E-state index in [-0.39, 0.29) is 18.2 Å². The predicted molar refractivity (Wildman–Crippen MR) is 121 cm³/mol. The SMILES string of the molecule is COc1ccccc1/C=N/N=C1\S/C(=C\c2ccccc2O)C(=O)N1Cc1ccco1. The maximum absolute atomic E-state index is 13.1. The van der Waals surface area contributed by atoms with Crippen LogP contribution in [-0.2, 0) is 11.3 Å². The number of carbonyl (C=O) groups excluding carboxylic acids is 1. The van der Waals surface area contributed by atoms with Gasteiger partial charge in [-0.25, -0.2) is 0 Å². The third-order valence-corrected chi connectivity index (χ3v) is 5.48. The van der Waals surface area contributed by atoms with Crippen LogP contribution in [0.4, 0.5) is 0 Å². The van der Waals surface area contributed by atoms with E-state index in [0.29, 0.717) is 27.1 Å². The maximum Gasteiger partial charge on any atom is 0.267 e. The number of ether oxygens (including phenoxy) is 1. The number of phenolic OH excluding ortho intramolecular Hbond substituents is 1. The van der Waals surface area contributed by atoms with Crippen molar-refractivity contribution in [3.8, 4) is 11.5 Å². The van der Waals surface area contributed by atoms with Crippen molar-refractivity contribution in [1.82, 2.24) is 4.90 Å². The van der Waals surface area contributed by atoms with Gasteiger partial charge < -0.3 is 14.3 Å². The molecule has 0 radical (unpaired) electrons. The van der Waals surface area contributed by atoms with Crippen molar-refractivity contribution in [1.29, 1.82) is 0 Å². The van der Waals surface area contributed by atoms with Gasteiger partial charge in [-0.3, -0.25) is 9.69 Å². The van der Waals surface area contributed by atoms with E-state index in [9.17, 15) is 9.90 Å². The summed E-state index contributed by atoms with van der Waals surface area (Å²) < 4.78 is 10.7. The van der Waals surface area contributed by atoms with Crippen LogP contribution in [0.15, 0.2) is 86.5 Å². The van der Waals surface area contributed by atoms with Gasteiger partial charge in [0.2, 0.25) is 0 Å². The van der Waals surface area contributed by atoms with E-state index in [2.05, 4.69) is 10.2 Å². The molecule has 1 saturated heterocycles. The van der Waals surface area contributed by atoms with Crippen molar-refractivity contribution in [2.75, 3.05) is 7.11 Å². The number of amides is 1. The Hall–Kier alpha value is -3.78. The normalized spacial score (nSPS) is 16.7. The molecule has 1 fully saturated rings. The number of hydrogen-bond acceptors (Lipinski definition) is 7. The molecule has 4 rings (SSSR count). The summed E-state index contributed by atoms with van der Waals surface area (Å²) in [4.78, 5) is 15.0. The lowest BCUT2D eigenvalue weighted by Gasteiger charge is -2.12. The number of hydrogen-bond donors (Lipinski definition) is 1. The molecule has 0 spiro atoms. The molecule has 1 aliphatic heterocycles. The second-order valence-corrected chi connectivity index (χ2v) is 7.52. The Balaban J connectivity index is 1.65. The van der Waals surface area contributed by atoms with Gasteiger partial charge in [0.15, 0.2) is 5.17 Å². The van der Waals surface area contributed by atoms with Crippen LogP contribution in [0.3, 0.4) is 0 Å². The fourth-order valence-corrected chi connectivity index (χ4v) is 3.87. The number of aromatic hydroxyl groups is 1. The summed E-state index contributed by atoms with van der Waals surface area (Å²) in [6.07, 6.45) is 4.77. The van der Waals surface area contributed by atoms with Gasteiger partial charge in [0, 0.05) is 11.1 Å². The van der Waals surface area contributed by atoms with Crippen LogP contribution in [0.25, 0.3) is 6.08 Å². The Kier molecular flexibility index (Phi) is 6.18. The van der Waals surface area contributed by atoms with Crippen LogP contribution in [0, 0.1) is 0 Å². The van der Waals surface area contributed by atoms with Crippen molar-refractivity contribution >= 4 is 35.1 Å². The highest BCUT2D eigenvalue weighted by atomic mass is 32.2. The van der Waals surface area contributed by atoms with Crippen molar-refractivity contribution in [2.24, 2.45) is 10.2 Å². The lowest BCUT2D eigenvalue weighted by Crippen LogP contribution is -2.28. The zero-order chi connectivity index (χ0) is 21.6. The Morgan fingerprint density at radius 3 is 2.61 bits per heavy atom. The zero-order valence-corrected chi connectivity index (χ0v) is 17.5. The monoisotopic (exact) mass is 433 g/mol. The van der Waals surface area contributed by atoms with Gasteiger partial charge in [-0.2, -0.15) is 5.10 Å². The fraction of sp³-hybridized carbons (Fsp3) is 0.0870. The highest BCUT2D eigenvalue weighted by Gasteiger charge is 2.34. The lowest BCUT2D eigenvalue weighted by molar-refractivity contribution is -0.122. The number of benzene rings is 2. The molecule has 156 valence electrons. The molecule has 0 bridgehead atoms. The molecular formula is C23H19N3O4S. The standard InChI is InChI=1S/C23H19N3O4S/c1-29-20-11-5-3-8-17(20)14-24-25-23-26(15-18-9-6-12-30-18)22(28)21(31-23)13-16-7-2-4-10-19(16)27/h2-14,27H,15H2,1H3/b21-13-,24-14+,25-23-. The minimum Gasteiger partial charge on any atom is -0.507 e. The van der Waals surface area contributed by atoms with Gasteiger partial charge in [0.05, 0.1) is 31.0 Å². The number of thioether (sulfide) groups is 1. The molecule has 8 heteroatoms. The van der Waals surface area contributed by atoms with Gasteiger partial charge in [-0.15, -0.1) is 5.10 Å². The smallest absolute Gasteiger partial charge is 0.267 e. The van der Waals surface area contributed by atoms with Gasteiger partial charge in [0.1, 0.15) is 17.3 Å². The number of nitrogens with zero attached hydrogens (tertiary/aromatic N) is 3. The molecule has 1 amide bonds. The molecule has 2 aromatic carbocycles. The van der Waals surface area contributed by atoms with Gasteiger partial charge in [0.25, 0.3) is 5.91 Å². The molecule has 1 aromatic heterocycles. The number of rotatable bonds is 6. The second kappa shape index (κ2) is 9.36. The molecule has 0 saturated carbocycles. The lowest BCUT2D eigenvalue weighted by atomic mass is 10.2. The number of furan rings is 1. The average Bonchev–Trinajstić information content (AvgIpc) is 3.40. The fourth-order valence-electron chi connectivity index (χ4n) is 2.94. The van der Waals surface area contributed by atoms with E-state index in [1.807, 2.05) is 24.3 Å². The largest absolute Gasteiger partial charge is 0.507 e. The van der Waals surface area contributed by atoms with Crippen molar-refractivity contribution in [2.45, 2.75) is 6.54 Å². The quantitative estimate of drug-likeness (QED) is 0.351. The van der Waals surface area contributed by atoms with Gasteiger partial charge in [-0.1, -0.05) is 30.3 Å². The van der Waals surface area contributed by atoms with E-state index < -0.39 is 0 Å². The van der Waals surface area contributed by atoms with Gasteiger partial charge >= 0.3 is 0 Å². The highest BCUT2D eigenvalue weighted by Crippen LogP contribution is 2.35. The summed E-state index contributed by atoms with van der Waals surface area (Å²) in [5, 5.41) is 18.9. The molecule has 31 heavy (non-hydrogen) atoms. The van der Waals surface area contributed by atoms with Crippen LogP contribution in [-0.4, -0.2) is 34.4 Å². The molecule has 0 atom stereocenters. The second-order valence-electron chi connectivity index (χ2n) is 6.51. The first kappa shape index (κ1) is 20.5. The number of methoxy groups -OCH3 is 1. The summed E-state index contributed by atoms with van der Waals surface area (Å²) in [7, 11) is 1.59. The number of para-hydroxylation sites is 2. The van der Waals surface area contributed by atoms with Crippen LogP contribution >= 0.6 is 11.8 Å². The third-order valence-electron chi connectivity index (χ3n) is 4.48. The van der Waals surface area contributed by atoms with Crippen molar-refractivity contribution in [3.05, 3.63) is 88.7 Å². The minimum absolute atomic E-state index is 0.0977. The third kappa shape index (κ3) is 4.70. The van der Waals surface area contributed by atoms with E-state index >= 15 is 0 Å². The van der Waals surface area contributed by atoms with E-state index in [4.69, 9.17) is 9.15 Å². The summed E-state index contributed by atoms with van der Waals surface area (Å²) in [6.45, 7) is 0.222. The first-order valence-electron chi connectivity index (χ1n) is 9.41. The maximum atomic E-state index is 13.1. The molecule has 2 heterocycles. The van der Waals surface area contributed by atoms with Gasteiger partial charge in [-0.05, 0) is 48.2 Å². The Morgan fingerprint density at radius 1 is 1.10 bits per heavy atom. The van der Waals surface area contributed by atoms with E-state index in [1.165, 1.54) is 16.7 Å². The van der Waals surface area contributed by atoms with Crippen LogP contribution < -0.4 is 4.74 Å². The average molecular weight is 433 g/mol. The van der Waals surface area contributed by atoms with Crippen molar-refractivity contribution in [3.63, 3.8) is 0 Å². The Morgan fingerprint density at radius 2 is 1.87 bits per heavy atom. The zero-order valence-electron chi connectivity index (χ0n) is 16.6.